The number of amides is 1. The second-order valence-corrected chi connectivity index (χ2v) is 7.17. The van der Waals surface area contributed by atoms with Gasteiger partial charge in [-0.05, 0) is 47.0 Å². The highest BCUT2D eigenvalue weighted by molar-refractivity contribution is 5.76. The van der Waals surface area contributed by atoms with Crippen LogP contribution in [0, 0.1) is 13.8 Å². The molecule has 3 rings (SSSR count). The molecule has 7 nitrogen and oxygen atoms in total. The third kappa shape index (κ3) is 3.75. The molecule has 0 saturated carbocycles. The van der Waals surface area contributed by atoms with E-state index in [0.717, 1.165) is 48.8 Å². The van der Waals surface area contributed by atoms with E-state index in [0.29, 0.717) is 18.9 Å². The molecule has 0 unspecified atom stereocenters. The van der Waals surface area contributed by atoms with Gasteiger partial charge in [-0.3, -0.25) is 4.79 Å². The molecule has 1 aliphatic rings. The normalized spacial score (nSPS) is 18.1. The van der Waals surface area contributed by atoms with Gasteiger partial charge in [0.05, 0.1) is 5.69 Å². The van der Waals surface area contributed by atoms with Gasteiger partial charge < -0.3 is 14.0 Å². The van der Waals surface area contributed by atoms with E-state index in [1.165, 1.54) is 0 Å². The average molecular weight is 345 g/mol. The lowest BCUT2D eigenvalue weighted by molar-refractivity contribution is -0.132. The molecule has 2 aromatic heterocycles. The number of hydrogen-bond acceptors (Lipinski definition) is 5. The van der Waals surface area contributed by atoms with Gasteiger partial charge in [0, 0.05) is 37.0 Å². The lowest BCUT2D eigenvalue weighted by atomic mass is 9.96. The number of carbonyl (C=O) groups excluding carboxylic acids is 1. The third-order valence-electron chi connectivity index (χ3n) is 5.07. The minimum Gasteiger partial charge on any atom is -0.361 e. The number of piperidine rings is 1. The van der Waals surface area contributed by atoms with Gasteiger partial charge in [0.1, 0.15) is 17.9 Å². The second-order valence-electron chi connectivity index (χ2n) is 7.17. The Morgan fingerprint density at radius 3 is 2.88 bits per heavy atom. The lowest BCUT2D eigenvalue weighted by Crippen LogP contribution is -2.40. The fourth-order valence-electron chi connectivity index (χ4n) is 3.61. The Bertz CT molecular complexity index is 714. The van der Waals surface area contributed by atoms with Crippen molar-refractivity contribution in [2.24, 2.45) is 0 Å². The zero-order chi connectivity index (χ0) is 18.0. The number of carbonyl (C=O) groups is 1. The molecule has 1 amide bonds. The Balaban J connectivity index is 1.63. The van der Waals surface area contributed by atoms with Crippen molar-refractivity contribution in [3.05, 3.63) is 29.2 Å². The molecule has 25 heavy (non-hydrogen) atoms. The van der Waals surface area contributed by atoms with Crippen molar-refractivity contribution in [2.45, 2.75) is 65.3 Å². The van der Waals surface area contributed by atoms with E-state index in [4.69, 9.17) is 4.52 Å². The third-order valence-corrected chi connectivity index (χ3v) is 5.07. The van der Waals surface area contributed by atoms with E-state index in [2.05, 4.69) is 33.8 Å². The Morgan fingerprint density at radius 1 is 1.40 bits per heavy atom. The molecule has 1 fully saturated rings. The molecule has 7 heteroatoms. The molecule has 0 N–H and O–H groups in total. The maximum Gasteiger partial charge on any atom is 0.222 e. The molecular formula is C18H27N5O2. The summed E-state index contributed by atoms with van der Waals surface area (Å²) < 4.78 is 7.30. The van der Waals surface area contributed by atoms with Crippen LogP contribution in [0.4, 0.5) is 0 Å². The Kier molecular flexibility index (Phi) is 5.20. The number of aromatic nitrogens is 4. The number of likely N-dealkylation sites (tertiary alicyclic amines) is 1. The quantitative estimate of drug-likeness (QED) is 0.833. The first kappa shape index (κ1) is 17.6. The van der Waals surface area contributed by atoms with Crippen LogP contribution < -0.4 is 0 Å². The standard InChI is InChI=1S/C18H27N5O2/c1-12(2)23-11-19-20-18(23)15-6-5-9-22(10-15)17(24)8-7-16-13(3)21-25-14(16)4/h11-12,15H,5-10H2,1-4H3/t15-/m0/s1. The molecule has 1 saturated heterocycles. The smallest absolute Gasteiger partial charge is 0.222 e. The zero-order valence-electron chi connectivity index (χ0n) is 15.5. The molecule has 0 aliphatic carbocycles. The van der Waals surface area contributed by atoms with Crippen LogP contribution in [-0.4, -0.2) is 43.8 Å². The number of aryl methyl sites for hydroxylation is 2. The lowest BCUT2D eigenvalue weighted by Gasteiger charge is -2.33. The van der Waals surface area contributed by atoms with E-state index in [1.54, 1.807) is 6.33 Å². The summed E-state index contributed by atoms with van der Waals surface area (Å²) in [5.41, 5.74) is 1.94. The van der Waals surface area contributed by atoms with Crippen LogP contribution >= 0.6 is 0 Å². The van der Waals surface area contributed by atoms with Crippen LogP contribution in [0.2, 0.25) is 0 Å². The van der Waals surface area contributed by atoms with Crippen LogP contribution in [0.5, 0.6) is 0 Å². The monoisotopic (exact) mass is 345 g/mol. The molecule has 2 aromatic rings. The molecule has 3 heterocycles. The van der Waals surface area contributed by atoms with Crippen molar-refractivity contribution in [1.82, 2.24) is 24.8 Å². The van der Waals surface area contributed by atoms with Crippen LogP contribution in [-0.2, 0) is 11.2 Å². The molecule has 136 valence electrons. The minimum absolute atomic E-state index is 0.195. The summed E-state index contributed by atoms with van der Waals surface area (Å²) in [6.45, 7) is 9.63. The van der Waals surface area contributed by atoms with Gasteiger partial charge in [-0.15, -0.1) is 10.2 Å². The van der Waals surface area contributed by atoms with Gasteiger partial charge >= 0.3 is 0 Å². The summed E-state index contributed by atoms with van der Waals surface area (Å²) >= 11 is 0. The van der Waals surface area contributed by atoms with E-state index >= 15 is 0 Å². The maximum absolute atomic E-state index is 12.7. The van der Waals surface area contributed by atoms with Crippen molar-refractivity contribution in [2.75, 3.05) is 13.1 Å². The second kappa shape index (κ2) is 7.37. The van der Waals surface area contributed by atoms with Crippen LogP contribution in [0.1, 0.15) is 67.9 Å². The van der Waals surface area contributed by atoms with Gasteiger partial charge in [0.15, 0.2) is 0 Å². The van der Waals surface area contributed by atoms with Crippen molar-refractivity contribution in [3.8, 4) is 0 Å². The Hall–Kier alpha value is -2.18. The highest BCUT2D eigenvalue weighted by Crippen LogP contribution is 2.27. The summed E-state index contributed by atoms with van der Waals surface area (Å²) in [4.78, 5) is 14.7. The molecule has 0 spiro atoms. The fraction of sp³-hybridized carbons (Fsp3) is 0.667. The molecular weight excluding hydrogens is 318 g/mol. The van der Waals surface area contributed by atoms with Gasteiger partial charge in [-0.2, -0.15) is 0 Å². The molecule has 0 bridgehead atoms. The topological polar surface area (TPSA) is 77.1 Å². The molecule has 0 aromatic carbocycles. The molecule has 0 radical (unpaired) electrons. The highest BCUT2D eigenvalue weighted by atomic mass is 16.5. The molecule has 1 aliphatic heterocycles. The summed E-state index contributed by atoms with van der Waals surface area (Å²) in [6.07, 6.45) is 5.03. The van der Waals surface area contributed by atoms with Crippen LogP contribution in [0.3, 0.4) is 0 Å². The highest BCUT2D eigenvalue weighted by Gasteiger charge is 2.28. The predicted octanol–water partition coefficient (Wildman–Crippen LogP) is 2.80. The predicted molar refractivity (Wildman–Crippen MR) is 93.3 cm³/mol. The first-order chi connectivity index (χ1) is 12.0. The van der Waals surface area contributed by atoms with Crippen molar-refractivity contribution in [1.29, 1.82) is 0 Å². The summed E-state index contributed by atoms with van der Waals surface area (Å²) in [5, 5.41) is 12.3. The minimum atomic E-state index is 0.195. The average Bonchev–Trinajstić information content (AvgIpc) is 3.21. The Labute approximate surface area is 148 Å². The largest absolute Gasteiger partial charge is 0.361 e. The fourth-order valence-corrected chi connectivity index (χ4v) is 3.61. The van der Waals surface area contributed by atoms with E-state index in [1.807, 2.05) is 18.7 Å². The SMILES string of the molecule is Cc1noc(C)c1CCC(=O)N1CCC[C@H](c2nncn2C(C)C)C1. The van der Waals surface area contributed by atoms with Gasteiger partial charge in [0.2, 0.25) is 5.91 Å². The van der Waals surface area contributed by atoms with Gasteiger partial charge in [0.25, 0.3) is 0 Å². The first-order valence-electron chi connectivity index (χ1n) is 9.06. The van der Waals surface area contributed by atoms with E-state index in [9.17, 15) is 4.79 Å². The van der Waals surface area contributed by atoms with Gasteiger partial charge in [-0.25, -0.2) is 0 Å². The number of nitrogens with zero attached hydrogens (tertiary/aromatic N) is 5. The van der Waals surface area contributed by atoms with Crippen LogP contribution in [0.25, 0.3) is 0 Å². The first-order valence-corrected chi connectivity index (χ1v) is 9.06. The van der Waals surface area contributed by atoms with Crippen molar-refractivity contribution >= 4 is 5.91 Å². The Morgan fingerprint density at radius 2 is 2.20 bits per heavy atom. The zero-order valence-corrected chi connectivity index (χ0v) is 15.5. The van der Waals surface area contributed by atoms with Crippen molar-refractivity contribution < 1.29 is 9.32 Å². The summed E-state index contributed by atoms with van der Waals surface area (Å²) in [6, 6.07) is 0.329. The maximum atomic E-state index is 12.7. The van der Waals surface area contributed by atoms with Crippen molar-refractivity contribution in [3.63, 3.8) is 0 Å². The number of rotatable bonds is 5. The summed E-state index contributed by atoms with van der Waals surface area (Å²) in [5.74, 6) is 2.27. The van der Waals surface area contributed by atoms with E-state index in [-0.39, 0.29) is 11.8 Å². The molecule has 1 atom stereocenters. The van der Waals surface area contributed by atoms with Gasteiger partial charge in [-0.1, -0.05) is 5.16 Å². The van der Waals surface area contributed by atoms with E-state index < -0.39 is 0 Å². The van der Waals surface area contributed by atoms with Crippen LogP contribution in [0.15, 0.2) is 10.9 Å². The number of hydrogen-bond donors (Lipinski definition) is 0. The summed E-state index contributed by atoms with van der Waals surface area (Å²) in [7, 11) is 0.